The van der Waals surface area contributed by atoms with Gasteiger partial charge >= 0.3 is 5.97 Å². The van der Waals surface area contributed by atoms with Gasteiger partial charge in [-0.15, -0.1) is 0 Å². The molecule has 0 unspecified atom stereocenters. The van der Waals surface area contributed by atoms with Crippen LogP contribution in [0.1, 0.15) is 18.9 Å². The van der Waals surface area contributed by atoms with Gasteiger partial charge in [-0.1, -0.05) is 13.0 Å². The number of benzene rings is 1. The van der Waals surface area contributed by atoms with Gasteiger partial charge in [0.1, 0.15) is 0 Å². The van der Waals surface area contributed by atoms with Gasteiger partial charge in [-0.25, -0.2) is 0 Å². The van der Waals surface area contributed by atoms with Gasteiger partial charge in [0.15, 0.2) is 0 Å². The van der Waals surface area contributed by atoms with Crippen LogP contribution in [0.4, 0.5) is 0 Å². The van der Waals surface area contributed by atoms with Gasteiger partial charge in [0.05, 0.1) is 13.5 Å². The summed E-state index contributed by atoms with van der Waals surface area (Å²) in [4.78, 5) is 11.2. The van der Waals surface area contributed by atoms with E-state index in [1.807, 2.05) is 6.20 Å². The molecule has 4 heteroatoms. The number of aromatic nitrogens is 1. The Morgan fingerprint density at radius 1 is 1.37 bits per heavy atom. The van der Waals surface area contributed by atoms with Crippen molar-refractivity contribution >= 4 is 16.9 Å². The fourth-order valence-corrected chi connectivity index (χ4v) is 2.14. The molecule has 0 amide bonds. The fourth-order valence-electron chi connectivity index (χ4n) is 2.14. The van der Waals surface area contributed by atoms with E-state index in [1.165, 1.54) is 18.1 Å². The minimum Gasteiger partial charge on any atom is -0.469 e. The van der Waals surface area contributed by atoms with E-state index in [9.17, 15) is 4.79 Å². The number of methoxy groups -OCH3 is 1. The number of rotatable bonds is 6. The molecule has 102 valence electrons. The number of fused-ring (bicyclic) bond motifs is 1. The average molecular weight is 260 g/mol. The minimum absolute atomic E-state index is 0.175. The molecule has 0 radical (unpaired) electrons. The van der Waals surface area contributed by atoms with Crippen molar-refractivity contribution in [1.82, 2.24) is 9.88 Å². The second-order valence-corrected chi connectivity index (χ2v) is 4.51. The lowest BCUT2D eigenvalue weighted by Gasteiger charge is -2.06. The molecule has 1 heterocycles. The number of hydrogen-bond acceptors (Lipinski definition) is 3. The molecule has 1 N–H and O–H groups in total. The van der Waals surface area contributed by atoms with Crippen LogP contribution in [-0.4, -0.2) is 24.2 Å². The van der Waals surface area contributed by atoms with E-state index in [0.29, 0.717) is 13.0 Å². The van der Waals surface area contributed by atoms with Crippen LogP contribution in [0, 0.1) is 0 Å². The molecule has 1 aromatic carbocycles. The van der Waals surface area contributed by atoms with E-state index in [0.717, 1.165) is 18.6 Å². The molecular formula is C15H20N2O2. The SMILES string of the molecule is CCNCc1ccc2c(ccn2CCC(=O)OC)c1. The van der Waals surface area contributed by atoms with E-state index in [2.05, 4.69) is 45.8 Å². The maximum absolute atomic E-state index is 11.2. The summed E-state index contributed by atoms with van der Waals surface area (Å²) in [6.07, 6.45) is 2.42. The summed E-state index contributed by atoms with van der Waals surface area (Å²) < 4.78 is 6.75. The maximum atomic E-state index is 11.2. The first-order valence-electron chi connectivity index (χ1n) is 6.60. The predicted molar refractivity (Wildman–Crippen MR) is 76.0 cm³/mol. The van der Waals surface area contributed by atoms with Crippen LogP contribution < -0.4 is 5.32 Å². The first-order chi connectivity index (χ1) is 9.24. The zero-order chi connectivity index (χ0) is 13.7. The van der Waals surface area contributed by atoms with E-state index in [4.69, 9.17) is 0 Å². The monoisotopic (exact) mass is 260 g/mol. The van der Waals surface area contributed by atoms with Gasteiger partial charge in [0.25, 0.3) is 0 Å². The summed E-state index contributed by atoms with van der Waals surface area (Å²) in [6.45, 7) is 4.61. The highest BCUT2D eigenvalue weighted by molar-refractivity contribution is 5.81. The molecule has 0 saturated carbocycles. The molecule has 0 aliphatic heterocycles. The number of hydrogen-bond donors (Lipinski definition) is 1. The lowest BCUT2D eigenvalue weighted by Crippen LogP contribution is -2.11. The average Bonchev–Trinajstić information content (AvgIpc) is 2.84. The first-order valence-corrected chi connectivity index (χ1v) is 6.60. The Kier molecular flexibility index (Phi) is 4.58. The fraction of sp³-hybridized carbons (Fsp3) is 0.400. The lowest BCUT2D eigenvalue weighted by molar-refractivity contribution is -0.140. The van der Waals surface area contributed by atoms with Gasteiger partial charge < -0.3 is 14.6 Å². The maximum Gasteiger partial charge on any atom is 0.307 e. The zero-order valence-electron chi connectivity index (χ0n) is 11.5. The summed E-state index contributed by atoms with van der Waals surface area (Å²) in [7, 11) is 1.42. The van der Waals surface area contributed by atoms with Gasteiger partial charge in [-0.3, -0.25) is 4.79 Å². The van der Waals surface area contributed by atoms with Crippen LogP contribution in [0.2, 0.25) is 0 Å². The highest BCUT2D eigenvalue weighted by atomic mass is 16.5. The normalized spacial score (nSPS) is 10.8. The molecule has 0 saturated heterocycles. The predicted octanol–water partition coefficient (Wildman–Crippen LogP) is 2.31. The molecule has 0 bridgehead atoms. The highest BCUT2D eigenvalue weighted by Crippen LogP contribution is 2.18. The van der Waals surface area contributed by atoms with Crippen LogP contribution in [0.25, 0.3) is 10.9 Å². The summed E-state index contributed by atoms with van der Waals surface area (Å²) in [5.74, 6) is -0.175. The van der Waals surface area contributed by atoms with Crippen LogP contribution in [0.15, 0.2) is 30.5 Å². The van der Waals surface area contributed by atoms with Crippen molar-refractivity contribution in [2.45, 2.75) is 26.4 Å². The van der Waals surface area contributed by atoms with Gasteiger partial charge in [-0.05, 0) is 35.7 Å². The molecule has 0 aliphatic carbocycles. The van der Waals surface area contributed by atoms with E-state index in [-0.39, 0.29) is 5.97 Å². The van der Waals surface area contributed by atoms with Gasteiger partial charge in [0, 0.05) is 24.8 Å². The van der Waals surface area contributed by atoms with Crippen LogP contribution in [0.5, 0.6) is 0 Å². The second kappa shape index (κ2) is 6.38. The Balaban J connectivity index is 2.12. The molecule has 1 aromatic heterocycles. The molecule has 4 nitrogen and oxygen atoms in total. The number of carbonyl (C=O) groups is 1. The Morgan fingerprint density at radius 3 is 2.95 bits per heavy atom. The molecule has 19 heavy (non-hydrogen) atoms. The Morgan fingerprint density at radius 2 is 2.21 bits per heavy atom. The topological polar surface area (TPSA) is 43.3 Å². The quantitative estimate of drug-likeness (QED) is 0.811. The smallest absolute Gasteiger partial charge is 0.307 e. The molecule has 0 spiro atoms. The number of nitrogens with zero attached hydrogens (tertiary/aromatic N) is 1. The molecular weight excluding hydrogens is 240 g/mol. The molecule has 0 fully saturated rings. The summed E-state index contributed by atoms with van der Waals surface area (Å²) >= 11 is 0. The zero-order valence-corrected chi connectivity index (χ0v) is 11.5. The summed E-state index contributed by atoms with van der Waals surface area (Å²) in [5, 5.41) is 4.52. The van der Waals surface area contributed by atoms with Crippen LogP contribution in [0.3, 0.4) is 0 Å². The van der Waals surface area contributed by atoms with Crippen molar-refractivity contribution in [1.29, 1.82) is 0 Å². The molecule has 0 atom stereocenters. The largest absolute Gasteiger partial charge is 0.469 e. The Labute approximate surface area is 113 Å². The highest BCUT2D eigenvalue weighted by Gasteiger charge is 2.05. The van der Waals surface area contributed by atoms with Crippen molar-refractivity contribution < 1.29 is 9.53 Å². The van der Waals surface area contributed by atoms with Crippen LogP contribution in [-0.2, 0) is 22.6 Å². The van der Waals surface area contributed by atoms with Crippen molar-refractivity contribution in [3.63, 3.8) is 0 Å². The number of ether oxygens (including phenoxy) is 1. The third-order valence-electron chi connectivity index (χ3n) is 3.20. The standard InChI is InChI=1S/C15H20N2O2/c1-3-16-11-12-4-5-14-13(10-12)6-8-17(14)9-7-15(18)19-2/h4-6,8,10,16H,3,7,9,11H2,1-2H3. The second-order valence-electron chi connectivity index (χ2n) is 4.51. The summed E-state index contributed by atoms with van der Waals surface area (Å²) in [6, 6.07) is 8.51. The number of nitrogens with one attached hydrogen (secondary N) is 1. The van der Waals surface area contributed by atoms with E-state index < -0.39 is 0 Å². The minimum atomic E-state index is -0.175. The van der Waals surface area contributed by atoms with Gasteiger partial charge in [0.2, 0.25) is 0 Å². The van der Waals surface area contributed by atoms with E-state index >= 15 is 0 Å². The number of carbonyl (C=O) groups excluding carboxylic acids is 1. The molecule has 2 rings (SSSR count). The Hall–Kier alpha value is -1.81. The number of esters is 1. The van der Waals surface area contributed by atoms with Crippen LogP contribution >= 0.6 is 0 Å². The third kappa shape index (κ3) is 3.35. The summed E-state index contributed by atoms with van der Waals surface area (Å²) in [5.41, 5.74) is 2.43. The Bertz CT molecular complexity index is 560. The van der Waals surface area contributed by atoms with Gasteiger partial charge in [-0.2, -0.15) is 0 Å². The molecule has 2 aromatic rings. The lowest BCUT2D eigenvalue weighted by atomic mass is 10.1. The van der Waals surface area contributed by atoms with E-state index in [1.54, 1.807) is 0 Å². The number of aryl methyl sites for hydroxylation is 1. The molecule has 0 aliphatic rings. The van der Waals surface area contributed by atoms with Crippen molar-refractivity contribution in [2.75, 3.05) is 13.7 Å². The first kappa shape index (κ1) is 13.6. The van der Waals surface area contributed by atoms with Crippen molar-refractivity contribution in [3.8, 4) is 0 Å². The third-order valence-corrected chi connectivity index (χ3v) is 3.20. The van der Waals surface area contributed by atoms with Crippen molar-refractivity contribution in [2.24, 2.45) is 0 Å². The van der Waals surface area contributed by atoms with Crippen molar-refractivity contribution in [3.05, 3.63) is 36.0 Å².